The molecular weight excluding hydrogens is 243 g/mol. The second-order valence-corrected chi connectivity index (χ2v) is 3.86. The van der Waals surface area contributed by atoms with Gasteiger partial charge in [0.05, 0.1) is 0 Å². The van der Waals surface area contributed by atoms with E-state index < -0.39 is 23.3 Å². The Hall–Kier alpha value is -1.17. The monoisotopic (exact) mass is 256 g/mol. The Morgan fingerprint density at radius 1 is 1.06 bits per heavy atom. The van der Waals surface area contributed by atoms with Crippen molar-refractivity contribution in [3.63, 3.8) is 0 Å². The van der Waals surface area contributed by atoms with E-state index in [2.05, 4.69) is 10.6 Å². The van der Waals surface area contributed by atoms with E-state index in [4.69, 9.17) is 0 Å². The van der Waals surface area contributed by atoms with Gasteiger partial charge in [-0.2, -0.15) is 0 Å². The van der Waals surface area contributed by atoms with Gasteiger partial charge >= 0.3 is 35.6 Å². The fraction of sp³-hybridized carbons (Fsp3) is 0.250. The van der Waals surface area contributed by atoms with Crippen LogP contribution in [0.4, 0.5) is 4.79 Å². The normalized spacial score (nSPS) is 17.5. The smallest absolute Gasteiger partial charge is 1.00 e. The summed E-state index contributed by atoms with van der Waals surface area (Å²) in [5.74, 6) is -1.14. The van der Waals surface area contributed by atoms with Crippen molar-refractivity contribution >= 4 is 17.8 Å². The van der Waals surface area contributed by atoms with Gasteiger partial charge in [-0.15, -0.1) is 0 Å². The predicted molar refractivity (Wildman–Crippen MR) is 61.2 cm³/mol. The van der Waals surface area contributed by atoms with Gasteiger partial charge in [0.1, 0.15) is 0 Å². The van der Waals surface area contributed by atoms with Gasteiger partial charge < -0.3 is 1.43 Å². The third-order valence-corrected chi connectivity index (χ3v) is 3.03. The molecule has 5 nitrogen and oxygen atoms in total. The maximum absolute atomic E-state index is 12.0. The molecule has 1 aliphatic rings. The van der Waals surface area contributed by atoms with Gasteiger partial charge in [-0.3, -0.25) is 20.2 Å². The molecule has 2 rings (SSSR count). The zero-order valence-electron chi connectivity index (χ0n) is 11.3. The van der Waals surface area contributed by atoms with E-state index >= 15 is 0 Å². The molecule has 4 amide bonds. The molecule has 1 aromatic rings. The fourth-order valence-electron chi connectivity index (χ4n) is 2.06. The van der Waals surface area contributed by atoms with Crippen molar-refractivity contribution < 1.29 is 45.4 Å². The quantitative estimate of drug-likeness (QED) is 0.466. The molecule has 0 saturated carbocycles. The van der Waals surface area contributed by atoms with Crippen LogP contribution in [0.15, 0.2) is 30.3 Å². The van der Waals surface area contributed by atoms with Crippen molar-refractivity contribution in [3.8, 4) is 0 Å². The standard InChI is InChI=1S/C12H12N2O3.Na.H/c1-2-12(8-6-4-3-5-7-8)9(15)13-11(17)14-10(12)16;;/h3-7H,2H2,1H3,(H2,13,14,15,16,17);;/q;+1;-1. The Morgan fingerprint density at radius 2 is 1.56 bits per heavy atom. The average Bonchev–Trinajstić information content (AvgIpc) is 2.30. The first-order chi connectivity index (χ1) is 8.11. The van der Waals surface area contributed by atoms with E-state index in [1.165, 1.54) is 0 Å². The van der Waals surface area contributed by atoms with E-state index in [0.717, 1.165) is 0 Å². The second kappa shape index (κ2) is 5.65. The SMILES string of the molecule is CCC1(c2ccccc2)C(=O)NC(=O)NC1=O.[H-].[Na+]. The molecule has 18 heavy (non-hydrogen) atoms. The van der Waals surface area contributed by atoms with Crippen LogP contribution in [0, 0.1) is 0 Å². The largest absolute Gasteiger partial charge is 1.00 e. The molecule has 0 atom stereocenters. The van der Waals surface area contributed by atoms with E-state index in [1.807, 2.05) is 0 Å². The van der Waals surface area contributed by atoms with Crippen molar-refractivity contribution in [2.24, 2.45) is 0 Å². The molecule has 0 bridgehead atoms. The Balaban J connectivity index is 0.00000162. The maximum atomic E-state index is 12.0. The van der Waals surface area contributed by atoms with Crippen LogP contribution >= 0.6 is 0 Å². The predicted octanol–water partition coefficient (Wildman–Crippen LogP) is -2.18. The van der Waals surface area contributed by atoms with Gasteiger partial charge in [0.25, 0.3) is 0 Å². The molecule has 1 fully saturated rings. The third kappa shape index (κ3) is 2.21. The summed E-state index contributed by atoms with van der Waals surface area (Å²) in [6.07, 6.45) is 0.294. The van der Waals surface area contributed by atoms with Crippen molar-refractivity contribution in [2.45, 2.75) is 18.8 Å². The summed E-state index contributed by atoms with van der Waals surface area (Å²) in [4.78, 5) is 35.0. The molecule has 2 N–H and O–H groups in total. The van der Waals surface area contributed by atoms with Gasteiger partial charge in [0, 0.05) is 0 Å². The number of rotatable bonds is 2. The topological polar surface area (TPSA) is 75.3 Å². The van der Waals surface area contributed by atoms with Crippen molar-refractivity contribution in [1.29, 1.82) is 0 Å². The number of carbonyl (C=O) groups excluding carboxylic acids is 3. The summed E-state index contributed by atoms with van der Waals surface area (Å²) in [5, 5.41) is 4.28. The molecule has 90 valence electrons. The van der Waals surface area contributed by atoms with Gasteiger partial charge in [-0.25, -0.2) is 4.79 Å². The maximum Gasteiger partial charge on any atom is 1.00 e. The van der Waals surface area contributed by atoms with Gasteiger partial charge in [0.2, 0.25) is 11.8 Å². The number of amides is 4. The number of hydrogen-bond donors (Lipinski definition) is 2. The van der Waals surface area contributed by atoms with Crippen LogP contribution in [0.2, 0.25) is 0 Å². The Labute approximate surface area is 128 Å². The Morgan fingerprint density at radius 3 is 2.00 bits per heavy atom. The summed E-state index contributed by atoms with van der Waals surface area (Å²) in [6.45, 7) is 1.74. The summed E-state index contributed by atoms with van der Waals surface area (Å²) >= 11 is 0. The van der Waals surface area contributed by atoms with Crippen molar-refractivity contribution in [1.82, 2.24) is 10.6 Å². The fourth-order valence-corrected chi connectivity index (χ4v) is 2.06. The molecule has 0 aromatic heterocycles. The molecule has 1 aromatic carbocycles. The minimum Gasteiger partial charge on any atom is -1.00 e. The first kappa shape index (κ1) is 14.9. The molecule has 6 heteroatoms. The zero-order chi connectivity index (χ0) is 12.5. The average molecular weight is 256 g/mol. The molecule has 1 heterocycles. The molecule has 1 saturated heterocycles. The van der Waals surface area contributed by atoms with Crippen LogP contribution in [0.1, 0.15) is 20.3 Å². The first-order valence-corrected chi connectivity index (χ1v) is 5.33. The molecule has 0 spiro atoms. The van der Waals surface area contributed by atoms with Crippen LogP contribution < -0.4 is 40.2 Å². The number of carbonyl (C=O) groups is 3. The summed E-state index contributed by atoms with van der Waals surface area (Å²) in [7, 11) is 0. The van der Waals surface area contributed by atoms with E-state index in [-0.39, 0.29) is 31.0 Å². The van der Waals surface area contributed by atoms with Crippen LogP contribution in [-0.4, -0.2) is 17.8 Å². The van der Waals surface area contributed by atoms with Crippen molar-refractivity contribution in [2.75, 3.05) is 0 Å². The summed E-state index contributed by atoms with van der Waals surface area (Å²) < 4.78 is 0. The number of benzene rings is 1. The second-order valence-electron chi connectivity index (χ2n) is 3.86. The van der Waals surface area contributed by atoms with Crippen molar-refractivity contribution in [3.05, 3.63) is 35.9 Å². The molecule has 0 aliphatic carbocycles. The van der Waals surface area contributed by atoms with Gasteiger partial charge in [-0.1, -0.05) is 37.3 Å². The molecule has 1 aliphatic heterocycles. The number of urea groups is 1. The third-order valence-electron chi connectivity index (χ3n) is 3.03. The van der Waals surface area contributed by atoms with E-state index in [9.17, 15) is 14.4 Å². The van der Waals surface area contributed by atoms with E-state index in [0.29, 0.717) is 12.0 Å². The van der Waals surface area contributed by atoms with Crippen LogP contribution in [0.25, 0.3) is 0 Å². The minimum atomic E-state index is -1.31. The van der Waals surface area contributed by atoms with Crippen LogP contribution in [-0.2, 0) is 15.0 Å². The Kier molecular flexibility index (Phi) is 4.67. The summed E-state index contributed by atoms with van der Waals surface area (Å²) in [6, 6.07) is 7.96. The van der Waals surface area contributed by atoms with Gasteiger partial charge in [0.15, 0.2) is 5.41 Å². The molecule has 0 unspecified atom stereocenters. The number of hydrogen-bond acceptors (Lipinski definition) is 3. The number of nitrogens with one attached hydrogen (secondary N) is 2. The van der Waals surface area contributed by atoms with Crippen LogP contribution in [0.3, 0.4) is 0 Å². The van der Waals surface area contributed by atoms with E-state index in [1.54, 1.807) is 37.3 Å². The number of imide groups is 2. The summed E-state index contributed by atoms with van der Waals surface area (Å²) in [5.41, 5.74) is -0.722. The zero-order valence-corrected chi connectivity index (χ0v) is 12.3. The number of barbiturate groups is 1. The van der Waals surface area contributed by atoms with Crippen LogP contribution in [0.5, 0.6) is 0 Å². The molecule has 0 radical (unpaired) electrons. The minimum absolute atomic E-state index is 0. The Bertz CT molecular complexity index is 473. The van der Waals surface area contributed by atoms with Gasteiger partial charge in [-0.05, 0) is 12.0 Å². The molecular formula is C12H13N2NaO3. The first-order valence-electron chi connectivity index (χ1n) is 5.33.